The van der Waals surface area contributed by atoms with Crippen molar-refractivity contribution in [2.45, 2.75) is 37.1 Å². The number of carbonyl (C=O) groups excluding carboxylic acids is 1. The molecular formula is C16H17ClF4N4O3S. The third kappa shape index (κ3) is 5.25. The predicted molar refractivity (Wildman–Crippen MR) is 98.0 cm³/mol. The van der Waals surface area contributed by atoms with Gasteiger partial charge < -0.3 is 9.88 Å². The number of rotatable bonds is 8. The van der Waals surface area contributed by atoms with Crippen LogP contribution in [0.2, 0.25) is 5.02 Å². The van der Waals surface area contributed by atoms with E-state index >= 15 is 0 Å². The summed E-state index contributed by atoms with van der Waals surface area (Å²) in [6, 6.07) is 0.583. The van der Waals surface area contributed by atoms with Crippen molar-refractivity contribution in [3.8, 4) is 0 Å². The molecule has 0 unspecified atom stereocenters. The maximum atomic E-state index is 12.9. The molecule has 0 bridgehead atoms. The minimum absolute atomic E-state index is 0.0103. The van der Waals surface area contributed by atoms with E-state index in [4.69, 9.17) is 11.6 Å². The molecule has 2 heterocycles. The molecule has 0 aliphatic heterocycles. The van der Waals surface area contributed by atoms with Crippen LogP contribution in [-0.2, 0) is 17.1 Å². The van der Waals surface area contributed by atoms with Gasteiger partial charge in [-0.2, -0.15) is 0 Å². The van der Waals surface area contributed by atoms with Gasteiger partial charge in [0.15, 0.2) is 0 Å². The third-order valence-corrected chi connectivity index (χ3v) is 5.90. The van der Waals surface area contributed by atoms with Crippen molar-refractivity contribution in [2.75, 3.05) is 5.32 Å². The molecule has 2 N–H and O–H groups in total. The topological polar surface area (TPSA) is 93.1 Å². The molecular weight excluding hydrogens is 440 g/mol. The number of sulfonamides is 1. The molecule has 1 amide bonds. The zero-order valence-corrected chi connectivity index (χ0v) is 16.7. The lowest BCUT2D eigenvalue weighted by Crippen LogP contribution is -2.39. The molecule has 0 spiro atoms. The van der Waals surface area contributed by atoms with Crippen LogP contribution in [0.15, 0.2) is 29.4 Å². The Hall–Kier alpha value is -2.18. The fraction of sp³-hybridized carbons (Fsp3) is 0.375. The van der Waals surface area contributed by atoms with Gasteiger partial charge in [-0.15, -0.1) is 0 Å². The van der Waals surface area contributed by atoms with E-state index in [1.807, 2.05) is 4.72 Å². The van der Waals surface area contributed by atoms with E-state index in [0.717, 1.165) is 23.0 Å². The number of pyridine rings is 1. The molecule has 2 aromatic heterocycles. The first-order valence-electron chi connectivity index (χ1n) is 8.18. The number of amides is 1. The lowest BCUT2D eigenvalue weighted by molar-refractivity contribution is 0.101. The van der Waals surface area contributed by atoms with E-state index in [2.05, 4.69) is 10.3 Å². The fourth-order valence-electron chi connectivity index (χ4n) is 2.43. The summed E-state index contributed by atoms with van der Waals surface area (Å²) in [5.74, 6) is -0.883. The van der Waals surface area contributed by atoms with Gasteiger partial charge in [-0.3, -0.25) is 9.78 Å². The Bertz CT molecular complexity index is 998. The summed E-state index contributed by atoms with van der Waals surface area (Å²) in [7, 11) is -3.12. The Kier molecular flexibility index (Phi) is 7.25. The van der Waals surface area contributed by atoms with E-state index < -0.39 is 50.4 Å². The monoisotopic (exact) mass is 456 g/mol. The van der Waals surface area contributed by atoms with Crippen molar-refractivity contribution in [2.24, 2.45) is 7.05 Å². The van der Waals surface area contributed by atoms with Crippen LogP contribution in [0.25, 0.3) is 0 Å². The van der Waals surface area contributed by atoms with Crippen LogP contribution < -0.4 is 10.0 Å². The lowest BCUT2D eigenvalue weighted by Gasteiger charge is -2.15. The van der Waals surface area contributed by atoms with E-state index in [9.17, 15) is 30.8 Å². The second-order valence-corrected chi connectivity index (χ2v) is 8.02. The van der Waals surface area contributed by atoms with Crippen LogP contribution in [0.3, 0.4) is 0 Å². The predicted octanol–water partition coefficient (Wildman–Crippen LogP) is 3.59. The third-order valence-electron chi connectivity index (χ3n) is 3.91. The molecule has 0 saturated heterocycles. The number of anilines is 1. The number of hydrogen-bond donors (Lipinski definition) is 2. The minimum atomic E-state index is -4.45. The van der Waals surface area contributed by atoms with Crippen LogP contribution in [0, 0.1) is 0 Å². The first-order valence-corrected chi connectivity index (χ1v) is 10.0. The normalized spacial score (nSPS) is 13.1. The summed E-state index contributed by atoms with van der Waals surface area (Å²) in [6.45, 7) is 1.38. The molecule has 29 heavy (non-hydrogen) atoms. The van der Waals surface area contributed by atoms with Crippen LogP contribution >= 0.6 is 11.6 Å². The highest BCUT2D eigenvalue weighted by atomic mass is 35.5. The highest BCUT2D eigenvalue weighted by Gasteiger charge is 2.31. The van der Waals surface area contributed by atoms with Gasteiger partial charge in [-0.25, -0.2) is 30.7 Å². The SMILES string of the molecule is CC[C@H](NS(=O)(=O)c1cn(C)c(C(=O)Nc2ccnc(C(F)F)c2)c1Cl)C(F)F. The zero-order chi connectivity index (χ0) is 21.9. The molecule has 160 valence electrons. The fourth-order valence-corrected chi connectivity index (χ4v) is 4.42. The van der Waals surface area contributed by atoms with Crippen LogP contribution in [0.1, 0.15) is 36.0 Å². The summed E-state index contributed by atoms with van der Waals surface area (Å²) in [5, 5.41) is 1.82. The Morgan fingerprint density at radius 3 is 2.52 bits per heavy atom. The number of alkyl halides is 4. The molecule has 7 nitrogen and oxygen atoms in total. The average Bonchev–Trinajstić information content (AvgIpc) is 2.94. The van der Waals surface area contributed by atoms with Gasteiger partial charge in [0, 0.05) is 25.1 Å². The quantitative estimate of drug-likeness (QED) is 0.594. The Morgan fingerprint density at radius 2 is 1.97 bits per heavy atom. The summed E-state index contributed by atoms with van der Waals surface area (Å²) in [6.07, 6.45) is -3.89. The highest BCUT2D eigenvalue weighted by Crippen LogP contribution is 2.29. The average molecular weight is 457 g/mol. The van der Waals surface area contributed by atoms with Crippen LogP contribution in [0.4, 0.5) is 23.2 Å². The summed E-state index contributed by atoms with van der Waals surface area (Å²) in [4.78, 5) is 15.4. The highest BCUT2D eigenvalue weighted by molar-refractivity contribution is 7.89. The Balaban J connectivity index is 2.33. The second kappa shape index (κ2) is 9.09. The van der Waals surface area contributed by atoms with E-state index in [1.54, 1.807) is 0 Å². The van der Waals surface area contributed by atoms with E-state index in [0.29, 0.717) is 0 Å². The number of aromatic nitrogens is 2. The van der Waals surface area contributed by atoms with Crippen molar-refractivity contribution >= 4 is 33.2 Å². The molecule has 0 fully saturated rings. The van der Waals surface area contributed by atoms with Gasteiger partial charge in [0.25, 0.3) is 18.8 Å². The van der Waals surface area contributed by atoms with Crippen molar-refractivity contribution in [1.82, 2.24) is 14.3 Å². The number of carbonyl (C=O) groups is 1. The lowest BCUT2D eigenvalue weighted by atomic mass is 10.3. The van der Waals surface area contributed by atoms with Gasteiger partial charge in [-0.1, -0.05) is 18.5 Å². The molecule has 0 radical (unpaired) electrons. The van der Waals surface area contributed by atoms with E-state index in [1.165, 1.54) is 20.0 Å². The van der Waals surface area contributed by atoms with Crippen LogP contribution in [-0.4, -0.2) is 36.3 Å². The first kappa shape index (κ1) is 23.1. The van der Waals surface area contributed by atoms with Crippen LogP contribution in [0.5, 0.6) is 0 Å². The Labute approximate surface area is 169 Å². The van der Waals surface area contributed by atoms with Crippen molar-refractivity contribution in [1.29, 1.82) is 0 Å². The molecule has 0 aliphatic carbocycles. The summed E-state index contributed by atoms with van der Waals surface area (Å²) in [5.41, 5.74) is -0.873. The van der Waals surface area contributed by atoms with Crippen molar-refractivity contribution in [3.05, 3.63) is 40.9 Å². The maximum Gasteiger partial charge on any atom is 0.280 e. The molecule has 0 saturated carbocycles. The summed E-state index contributed by atoms with van der Waals surface area (Å²) < 4.78 is 79.1. The van der Waals surface area contributed by atoms with Gasteiger partial charge in [0.05, 0.1) is 11.1 Å². The van der Waals surface area contributed by atoms with Gasteiger partial charge in [-0.05, 0) is 18.6 Å². The van der Waals surface area contributed by atoms with E-state index in [-0.39, 0.29) is 17.8 Å². The molecule has 0 aromatic carbocycles. The first-order chi connectivity index (χ1) is 13.5. The number of hydrogen-bond acceptors (Lipinski definition) is 4. The molecule has 13 heteroatoms. The largest absolute Gasteiger partial charge is 0.344 e. The zero-order valence-electron chi connectivity index (χ0n) is 15.2. The van der Waals surface area contributed by atoms with Crippen molar-refractivity contribution in [3.63, 3.8) is 0 Å². The number of nitrogens with zero attached hydrogens (tertiary/aromatic N) is 2. The van der Waals surface area contributed by atoms with Gasteiger partial charge in [0.1, 0.15) is 16.3 Å². The smallest absolute Gasteiger partial charge is 0.280 e. The molecule has 1 atom stereocenters. The summed E-state index contributed by atoms with van der Waals surface area (Å²) >= 11 is 6.04. The van der Waals surface area contributed by atoms with Gasteiger partial charge >= 0.3 is 0 Å². The number of nitrogens with one attached hydrogen (secondary N) is 2. The Morgan fingerprint density at radius 1 is 1.31 bits per heavy atom. The minimum Gasteiger partial charge on any atom is -0.344 e. The number of aryl methyl sites for hydroxylation is 1. The second-order valence-electron chi connectivity index (χ2n) is 5.96. The maximum absolute atomic E-state index is 12.9. The van der Waals surface area contributed by atoms with Crippen molar-refractivity contribution < 1.29 is 30.8 Å². The molecule has 2 aromatic rings. The standard InChI is InChI=1S/C16H17ClF4N4O3S/c1-3-9(14(18)19)24-29(27,28)11-7-25(2)13(12(11)17)16(26)23-8-4-5-22-10(6-8)15(20)21/h4-7,9,14-15,24H,3H2,1-2H3,(H,22,23,26)/t9-/m0/s1. The molecule has 2 rings (SSSR count). The van der Waals surface area contributed by atoms with Gasteiger partial charge in [0.2, 0.25) is 10.0 Å². The molecule has 0 aliphatic rings. The number of halogens is 5.